The number of nitrogens with zero attached hydrogens (tertiary/aromatic N) is 3. The highest BCUT2D eigenvalue weighted by atomic mass is 79.9. The maximum absolute atomic E-state index is 14.3. The van der Waals surface area contributed by atoms with Crippen molar-refractivity contribution in [2.75, 3.05) is 4.90 Å². The van der Waals surface area contributed by atoms with Crippen molar-refractivity contribution in [2.45, 2.75) is 6.54 Å². The van der Waals surface area contributed by atoms with Gasteiger partial charge in [-0.05, 0) is 42.0 Å². The fraction of sp³-hybridized carbons (Fsp3) is 0.0500. The van der Waals surface area contributed by atoms with E-state index in [0.717, 1.165) is 21.3 Å². The molecule has 1 amide bonds. The first-order chi connectivity index (χ1) is 13.5. The molecule has 140 valence electrons. The standard InChI is InChI=1S/C20H12BrF2N3OS/c21-13-6-7-16-17(9-13)28-20(25-16)26(11-12-3-2-8-24-10-12)19(27)18-14(22)4-1-5-15(18)23/h1-10H,11H2. The molecule has 2 heterocycles. The molecule has 0 saturated carbocycles. The Labute approximate surface area is 171 Å². The van der Waals surface area contributed by atoms with Gasteiger partial charge in [0, 0.05) is 16.9 Å². The zero-order chi connectivity index (χ0) is 19.7. The first kappa shape index (κ1) is 18.6. The molecule has 4 aromatic rings. The Morgan fingerprint density at radius 1 is 1.11 bits per heavy atom. The quantitative estimate of drug-likeness (QED) is 0.400. The van der Waals surface area contributed by atoms with Crippen molar-refractivity contribution >= 4 is 48.5 Å². The molecule has 2 aromatic carbocycles. The Balaban J connectivity index is 1.82. The number of anilines is 1. The van der Waals surface area contributed by atoms with Crippen LogP contribution in [0.3, 0.4) is 0 Å². The van der Waals surface area contributed by atoms with Crippen LogP contribution < -0.4 is 4.90 Å². The molecule has 2 aromatic heterocycles. The Kier molecular flexibility index (Phi) is 5.15. The van der Waals surface area contributed by atoms with E-state index < -0.39 is 23.1 Å². The van der Waals surface area contributed by atoms with Gasteiger partial charge >= 0.3 is 0 Å². The molecule has 0 spiro atoms. The lowest BCUT2D eigenvalue weighted by Crippen LogP contribution is -2.32. The van der Waals surface area contributed by atoms with Crippen LogP contribution in [-0.2, 0) is 6.54 Å². The van der Waals surface area contributed by atoms with Crippen molar-refractivity contribution in [1.82, 2.24) is 9.97 Å². The van der Waals surface area contributed by atoms with Gasteiger partial charge in [-0.2, -0.15) is 0 Å². The monoisotopic (exact) mass is 459 g/mol. The van der Waals surface area contributed by atoms with Crippen LogP contribution in [0.15, 0.2) is 65.4 Å². The summed E-state index contributed by atoms with van der Waals surface area (Å²) in [5, 5.41) is 0.351. The minimum Gasteiger partial charge on any atom is -0.279 e. The third kappa shape index (κ3) is 3.65. The van der Waals surface area contributed by atoms with E-state index in [-0.39, 0.29) is 6.54 Å². The average molecular weight is 460 g/mol. The third-order valence-corrected chi connectivity index (χ3v) is 5.59. The molecule has 0 aliphatic carbocycles. The zero-order valence-corrected chi connectivity index (χ0v) is 16.7. The van der Waals surface area contributed by atoms with Crippen molar-refractivity contribution in [3.8, 4) is 0 Å². The summed E-state index contributed by atoms with van der Waals surface area (Å²) in [7, 11) is 0. The summed E-state index contributed by atoms with van der Waals surface area (Å²) >= 11 is 4.68. The topological polar surface area (TPSA) is 46.1 Å². The number of carbonyl (C=O) groups is 1. The number of rotatable bonds is 4. The number of fused-ring (bicyclic) bond motifs is 1. The predicted octanol–water partition coefficient (Wildman–Crippen LogP) is 5.58. The lowest BCUT2D eigenvalue weighted by molar-refractivity contribution is 0.0977. The predicted molar refractivity (Wildman–Crippen MR) is 108 cm³/mol. The Morgan fingerprint density at radius 2 is 1.89 bits per heavy atom. The van der Waals surface area contributed by atoms with Crippen LogP contribution in [0, 0.1) is 11.6 Å². The van der Waals surface area contributed by atoms with E-state index in [0.29, 0.717) is 16.2 Å². The van der Waals surface area contributed by atoms with Gasteiger partial charge in [0.25, 0.3) is 5.91 Å². The summed E-state index contributed by atoms with van der Waals surface area (Å²) in [6, 6.07) is 12.4. The summed E-state index contributed by atoms with van der Waals surface area (Å²) in [5.41, 5.74) is 0.807. The molecule has 0 saturated heterocycles. The van der Waals surface area contributed by atoms with Gasteiger partial charge in [0.2, 0.25) is 0 Å². The maximum Gasteiger partial charge on any atom is 0.266 e. The van der Waals surface area contributed by atoms with Crippen molar-refractivity contribution in [3.05, 3.63) is 88.2 Å². The number of halogens is 3. The van der Waals surface area contributed by atoms with Crippen LogP contribution in [0.1, 0.15) is 15.9 Å². The number of pyridine rings is 1. The fourth-order valence-corrected chi connectivity index (χ4v) is 4.25. The number of aromatic nitrogens is 2. The first-order valence-corrected chi connectivity index (χ1v) is 9.85. The summed E-state index contributed by atoms with van der Waals surface area (Å²) in [5.74, 6) is -2.62. The molecule has 28 heavy (non-hydrogen) atoms. The van der Waals surface area contributed by atoms with E-state index in [4.69, 9.17) is 0 Å². The average Bonchev–Trinajstić information content (AvgIpc) is 3.09. The molecule has 0 aliphatic rings. The Morgan fingerprint density at radius 3 is 2.61 bits per heavy atom. The molecule has 4 rings (SSSR count). The minimum atomic E-state index is -0.912. The summed E-state index contributed by atoms with van der Waals surface area (Å²) < 4.78 is 30.2. The molecule has 4 nitrogen and oxygen atoms in total. The van der Waals surface area contributed by atoms with Gasteiger partial charge in [0.15, 0.2) is 5.13 Å². The number of carbonyl (C=O) groups excluding carboxylic acids is 1. The maximum atomic E-state index is 14.3. The van der Waals surface area contributed by atoms with Gasteiger partial charge in [0.1, 0.15) is 17.2 Å². The van der Waals surface area contributed by atoms with Gasteiger partial charge in [-0.3, -0.25) is 14.7 Å². The lowest BCUT2D eigenvalue weighted by Gasteiger charge is -2.20. The number of thiazole rings is 1. The second-order valence-corrected chi connectivity index (χ2v) is 7.88. The van der Waals surface area contributed by atoms with Crippen molar-refractivity contribution in [3.63, 3.8) is 0 Å². The zero-order valence-electron chi connectivity index (χ0n) is 14.3. The first-order valence-electron chi connectivity index (χ1n) is 8.24. The van der Waals surface area contributed by atoms with Gasteiger partial charge in [-0.25, -0.2) is 13.8 Å². The number of hydrogen-bond donors (Lipinski definition) is 0. The second kappa shape index (κ2) is 7.73. The summed E-state index contributed by atoms with van der Waals surface area (Å²) in [6.45, 7) is 0.0848. The minimum absolute atomic E-state index is 0.0848. The molecule has 0 bridgehead atoms. The lowest BCUT2D eigenvalue weighted by atomic mass is 10.1. The molecule has 0 N–H and O–H groups in total. The number of benzene rings is 2. The Hall–Kier alpha value is -2.71. The molecular formula is C20H12BrF2N3OS. The van der Waals surface area contributed by atoms with E-state index in [1.54, 1.807) is 24.5 Å². The second-order valence-electron chi connectivity index (χ2n) is 5.96. The molecule has 0 fully saturated rings. The molecule has 0 unspecified atom stereocenters. The van der Waals surface area contributed by atoms with Gasteiger partial charge in [-0.1, -0.05) is 39.4 Å². The van der Waals surface area contributed by atoms with Crippen LogP contribution in [0.4, 0.5) is 13.9 Å². The molecule has 0 radical (unpaired) electrons. The highest BCUT2D eigenvalue weighted by Crippen LogP contribution is 2.33. The normalized spacial score (nSPS) is 11.0. The molecule has 0 aliphatic heterocycles. The van der Waals surface area contributed by atoms with E-state index >= 15 is 0 Å². The van der Waals surface area contributed by atoms with E-state index in [2.05, 4.69) is 25.9 Å². The van der Waals surface area contributed by atoms with E-state index in [9.17, 15) is 13.6 Å². The molecule has 0 atom stereocenters. The van der Waals surface area contributed by atoms with Gasteiger partial charge in [-0.15, -0.1) is 0 Å². The van der Waals surface area contributed by atoms with Crippen LogP contribution in [0.5, 0.6) is 0 Å². The molecule has 8 heteroatoms. The van der Waals surface area contributed by atoms with Crippen LogP contribution >= 0.6 is 27.3 Å². The number of hydrogen-bond acceptors (Lipinski definition) is 4. The number of amides is 1. The van der Waals surface area contributed by atoms with Crippen LogP contribution in [0.2, 0.25) is 0 Å². The van der Waals surface area contributed by atoms with Crippen molar-refractivity contribution < 1.29 is 13.6 Å². The highest BCUT2D eigenvalue weighted by Gasteiger charge is 2.27. The fourth-order valence-electron chi connectivity index (χ4n) is 2.74. The van der Waals surface area contributed by atoms with E-state index in [1.165, 1.54) is 22.3 Å². The van der Waals surface area contributed by atoms with Gasteiger partial charge in [0.05, 0.1) is 16.8 Å². The van der Waals surface area contributed by atoms with E-state index in [1.807, 2.05) is 18.2 Å². The van der Waals surface area contributed by atoms with Crippen molar-refractivity contribution in [2.24, 2.45) is 0 Å². The van der Waals surface area contributed by atoms with Crippen molar-refractivity contribution in [1.29, 1.82) is 0 Å². The smallest absolute Gasteiger partial charge is 0.266 e. The summed E-state index contributed by atoms with van der Waals surface area (Å²) in [4.78, 5) is 22.9. The van der Waals surface area contributed by atoms with Gasteiger partial charge < -0.3 is 0 Å². The molecular weight excluding hydrogens is 448 g/mol. The van der Waals surface area contributed by atoms with Crippen LogP contribution in [0.25, 0.3) is 10.2 Å². The SMILES string of the molecule is O=C(c1c(F)cccc1F)N(Cc1cccnc1)c1nc2ccc(Br)cc2s1. The summed E-state index contributed by atoms with van der Waals surface area (Å²) in [6.07, 6.45) is 3.21. The Bertz CT molecular complexity index is 1150. The third-order valence-electron chi connectivity index (χ3n) is 4.06. The van der Waals surface area contributed by atoms with Crippen LogP contribution in [-0.4, -0.2) is 15.9 Å². The highest BCUT2D eigenvalue weighted by molar-refractivity contribution is 9.10. The largest absolute Gasteiger partial charge is 0.279 e.